The number of aromatic nitrogens is 1. The number of methoxy groups -OCH3 is 2. The van der Waals surface area contributed by atoms with Crippen molar-refractivity contribution >= 4 is 45.2 Å². The number of ether oxygens (including phenoxy) is 5. The lowest BCUT2D eigenvalue weighted by atomic mass is 9.85. The van der Waals surface area contributed by atoms with E-state index < -0.39 is 28.1 Å². The molecule has 4 saturated heterocycles. The first-order valence-corrected chi connectivity index (χ1v) is 23.8. The van der Waals surface area contributed by atoms with E-state index in [1.54, 1.807) is 42.7 Å². The number of piperidine rings is 3. The summed E-state index contributed by atoms with van der Waals surface area (Å²) in [5.74, 6) is 0.830. The van der Waals surface area contributed by atoms with Crippen LogP contribution >= 0.6 is 23.2 Å². The van der Waals surface area contributed by atoms with Crippen molar-refractivity contribution in [2.75, 3.05) is 40.4 Å². The highest BCUT2D eigenvalue weighted by molar-refractivity contribution is 7.89. The number of sulfonamides is 1. The van der Waals surface area contributed by atoms with Crippen LogP contribution in [0.5, 0.6) is 17.2 Å². The lowest BCUT2D eigenvalue weighted by Gasteiger charge is -2.44. The summed E-state index contributed by atoms with van der Waals surface area (Å²) in [6.07, 6.45) is 5.43. The lowest BCUT2D eigenvalue weighted by Crippen LogP contribution is -2.52. The highest BCUT2D eigenvalue weighted by Gasteiger charge is 2.42. The second kappa shape index (κ2) is 21.4. The zero-order valence-corrected chi connectivity index (χ0v) is 38.6. The van der Waals surface area contributed by atoms with Gasteiger partial charge in [-0.25, -0.2) is 13.4 Å². The minimum atomic E-state index is -4.10. The van der Waals surface area contributed by atoms with Gasteiger partial charge in [0.15, 0.2) is 23.9 Å². The first-order chi connectivity index (χ1) is 31.0. The van der Waals surface area contributed by atoms with Crippen molar-refractivity contribution in [3.05, 3.63) is 147 Å². The summed E-state index contributed by atoms with van der Waals surface area (Å²) in [4.78, 5) is 32.8. The number of rotatable bonds is 17. The van der Waals surface area contributed by atoms with Crippen molar-refractivity contribution in [1.29, 1.82) is 0 Å². The van der Waals surface area contributed by atoms with Crippen LogP contribution in [0.2, 0.25) is 10.0 Å². The van der Waals surface area contributed by atoms with E-state index in [1.165, 1.54) is 30.7 Å². The third-order valence-electron chi connectivity index (χ3n) is 12.5. The molecule has 0 aliphatic carbocycles. The number of H-pyrrole nitrogens is 1. The van der Waals surface area contributed by atoms with Gasteiger partial charge in [0, 0.05) is 31.0 Å². The molecule has 0 saturated carbocycles. The Morgan fingerprint density at radius 3 is 2.18 bits per heavy atom. The molecule has 0 radical (unpaired) electrons. The molecule has 4 atom stereocenters. The van der Waals surface area contributed by atoms with Crippen LogP contribution in [0.1, 0.15) is 71.9 Å². The summed E-state index contributed by atoms with van der Waals surface area (Å²) >= 11 is 13.0. The summed E-state index contributed by atoms with van der Waals surface area (Å²) in [7, 11) is -1.07. The Bertz CT molecular complexity index is 2520. The number of carbonyl (C=O) groups is 2. The highest BCUT2D eigenvalue weighted by Crippen LogP contribution is 2.38. The summed E-state index contributed by atoms with van der Waals surface area (Å²) < 4.78 is 58.9. The monoisotopic (exact) mass is 945 g/mol. The van der Waals surface area contributed by atoms with E-state index in [0.717, 1.165) is 49.2 Å². The van der Waals surface area contributed by atoms with E-state index in [0.29, 0.717) is 50.8 Å². The van der Waals surface area contributed by atoms with Gasteiger partial charge in [0.1, 0.15) is 40.7 Å². The summed E-state index contributed by atoms with van der Waals surface area (Å²) in [6.45, 7) is 3.28. The van der Waals surface area contributed by atoms with Gasteiger partial charge in [-0.1, -0.05) is 83.9 Å². The van der Waals surface area contributed by atoms with Crippen LogP contribution in [0.4, 0.5) is 0 Å². The molecule has 4 fully saturated rings. The minimum Gasteiger partial charge on any atom is -0.870 e. The Balaban J connectivity index is 0.00000630. The smallest absolute Gasteiger partial charge is 0.325 e. The number of fused-ring (bicyclic) bond motifs is 3. The van der Waals surface area contributed by atoms with Gasteiger partial charge in [-0.2, -0.15) is 4.31 Å². The van der Waals surface area contributed by atoms with Gasteiger partial charge in [0.25, 0.3) is 0 Å². The predicted octanol–water partition coefficient (Wildman–Crippen LogP) is 8.07. The Labute approximate surface area is 389 Å². The third-order valence-corrected chi connectivity index (χ3v) is 15.1. The van der Waals surface area contributed by atoms with E-state index >= 15 is 0 Å². The number of pyridine rings is 1. The van der Waals surface area contributed by atoms with Crippen LogP contribution in [0.3, 0.4) is 0 Å². The average molecular weight is 947 g/mol. The number of esters is 2. The molecule has 65 heavy (non-hydrogen) atoms. The Morgan fingerprint density at radius 2 is 1.51 bits per heavy atom. The molecular formula is C49H53Cl2N3O10S. The number of benzene rings is 4. The predicted molar refractivity (Wildman–Crippen MR) is 243 cm³/mol. The van der Waals surface area contributed by atoms with E-state index in [9.17, 15) is 18.0 Å². The van der Waals surface area contributed by atoms with Crippen LogP contribution in [0.15, 0.2) is 114 Å². The van der Waals surface area contributed by atoms with Crippen molar-refractivity contribution in [3.8, 4) is 17.2 Å². The van der Waals surface area contributed by atoms with E-state index in [1.807, 2.05) is 54.6 Å². The quantitative estimate of drug-likeness (QED) is 0.0828. The Kier molecular flexibility index (Phi) is 15.7. The SMILES string of the molecule is COc1ccc([C@H](Cc2c(Cl)c[nH+]cc2Cl)OC(=O)[C@@H]2CCCN2S(=O)(=O)c2ccc(COc3cccc([C@@H](CC(=O)O[C@H]4CN5CCC4CC5)c4ccccc4)c3)cc2)cc1OC.[OH-]. The van der Waals surface area contributed by atoms with E-state index in [4.69, 9.17) is 46.9 Å². The third kappa shape index (κ3) is 11.1. The van der Waals surface area contributed by atoms with Gasteiger partial charge in [0.2, 0.25) is 10.0 Å². The van der Waals surface area contributed by atoms with Gasteiger partial charge in [0.05, 0.1) is 25.5 Å². The molecule has 2 bridgehead atoms. The zero-order valence-electron chi connectivity index (χ0n) is 36.2. The average Bonchev–Trinajstić information content (AvgIpc) is 3.83. The molecule has 5 aromatic rings. The lowest BCUT2D eigenvalue weighted by molar-refractivity contribution is -0.377. The molecule has 0 unspecified atom stereocenters. The molecule has 9 rings (SSSR count). The fraction of sp³-hybridized carbons (Fsp3) is 0.367. The summed E-state index contributed by atoms with van der Waals surface area (Å²) in [5, 5.41) is 0.707. The van der Waals surface area contributed by atoms with Crippen LogP contribution in [-0.4, -0.2) is 87.6 Å². The molecule has 5 heterocycles. The standard InChI is InChI=1S/C49H51Cl2N3O9S.H2O/c1-59-44-18-15-36(25-46(44)60-2)45(26-40-41(50)28-52-29-42(40)51)63-49(56)43-12-7-21-54(43)64(57,58)38-16-13-32(14-17-38)31-61-37-11-6-10-35(24-37)39(33-8-4-3-5-9-33)27-48(55)62-47-30-53-22-19-34(47)20-23-53;/h3-6,8-11,13-18,24-25,28-29,34,39,43,45,47H,7,12,19-23,26-27,30-31H2,1-2H3;1H2/t39-,43-,45-,47-;/m0./s1. The number of hydrogen-bond acceptors (Lipinski definition) is 11. The van der Waals surface area contributed by atoms with Crippen LogP contribution in [0, 0.1) is 5.92 Å². The summed E-state index contributed by atoms with van der Waals surface area (Å²) in [5.41, 5.74) is 3.82. The molecule has 4 aliphatic heterocycles. The maximum atomic E-state index is 14.2. The maximum Gasteiger partial charge on any atom is 0.325 e. The molecule has 344 valence electrons. The minimum absolute atomic E-state index is 0. The molecule has 13 nitrogen and oxygen atoms in total. The Hall–Kier alpha value is -5.22. The van der Waals surface area contributed by atoms with E-state index in [-0.39, 0.29) is 60.8 Å². The van der Waals surface area contributed by atoms with Gasteiger partial charge in [-0.3, -0.25) is 14.5 Å². The number of halogens is 2. The number of hydrogen-bond donors (Lipinski definition) is 0. The van der Waals surface area contributed by atoms with E-state index in [2.05, 4.69) is 9.88 Å². The fourth-order valence-corrected chi connectivity index (χ4v) is 11.2. The molecule has 4 aromatic carbocycles. The highest BCUT2D eigenvalue weighted by atomic mass is 35.5. The fourth-order valence-electron chi connectivity index (χ4n) is 9.04. The van der Waals surface area contributed by atoms with Crippen molar-refractivity contribution < 1.29 is 52.2 Å². The molecular weight excluding hydrogens is 894 g/mol. The van der Waals surface area contributed by atoms with Crippen molar-refractivity contribution in [2.24, 2.45) is 5.92 Å². The number of carbonyl (C=O) groups excluding carboxylic acids is 2. The van der Waals surface area contributed by atoms with Gasteiger partial charge >= 0.3 is 11.9 Å². The molecule has 2 N–H and O–H groups in total. The molecule has 0 spiro atoms. The van der Waals surface area contributed by atoms with Gasteiger partial charge in [-0.05, 0) is 103 Å². The van der Waals surface area contributed by atoms with Crippen LogP contribution in [0.25, 0.3) is 0 Å². The first kappa shape index (κ1) is 47.7. The largest absolute Gasteiger partial charge is 0.870 e. The maximum absolute atomic E-state index is 14.2. The normalized spacial score (nSPS) is 20.2. The summed E-state index contributed by atoms with van der Waals surface area (Å²) in [6, 6.07) is 28.2. The molecule has 4 aliphatic rings. The van der Waals surface area contributed by atoms with Crippen LogP contribution < -0.4 is 19.2 Å². The van der Waals surface area contributed by atoms with Crippen LogP contribution in [-0.2, 0) is 42.1 Å². The topological polar surface area (TPSA) is 165 Å². The Morgan fingerprint density at radius 1 is 0.800 bits per heavy atom. The second-order valence-electron chi connectivity index (χ2n) is 16.5. The second-order valence-corrected chi connectivity index (χ2v) is 19.2. The first-order valence-electron chi connectivity index (χ1n) is 21.6. The number of aromatic amines is 1. The van der Waals surface area contributed by atoms with Crippen molar-refractivity contribution in [2.45, 2.75) is 74.2 Å². The van der Waals surface area contributed by atoms with Crippen molar-refractivity contribution in [3.63, 3.8) is 0 Å². The zero-order chi connectivity index (χ0) is 44.8. The van der Waals surface area contributed by atoms with Gasteiger partial charge < -0.3 is 29.2 Å². The number of nitrogens with zero attached hydrogens (tertiary/aromatic N) is 2. The molecule has 1 aromatic heterocycles. The number of nitrogens with one attached hydrogen (secondary N) is 1. The molecule has 16 heteroatoms. The van der Waals surface area contributed by atoms with Crippen molar-refractivity contribution in [1.82, 2.24) is 9.21 Å². The van der Waals surface area contributed by atoms with Gasteiger partial charge in [-0.15, -0.1) is 0 Å². The molecule has 0 amide bonds.